The lowest BCUT2D eigenvalue weighted by molar-refractivity contribution is 0.290. The zero-order chi connectivity index (χ0) is 12.4. The molecule has 2 rings (SSSR count). The molecule has 0 atom stereocenters. The highest BCUT2D eigenvalue weighted by Gasteiger charge is 2.12. The molecule has 1 aromatic heterocycles. The summed E-state index contributed by atoms with van der Waals surface area (Å²) < 4.78 is 32.8. The van der Waals surface area contributed by atoms with Gasteiger partial charge in [0.15, 0.2) is 11.6 Å². The highest BCUT2D eigenvalue weighted by molar-refractivity contribution is 9.10. The molecule has 17 heavy (non-hydrogen) atoms. The molecule has 90 valence electrons. The van der Waals surface area contributed by atoms with E-state index in [9.17, 15) is 8.78 Å². The molecule has 0 saturated heterocycles. The molecule has 0 aliphatic carbocycles. The normalized spacial score (nSPS) is 10.6. The zero-order valence-corrected chi connectivity index (χ0v) is 12.3. The van der Waals surface area contributed by atoms with Gasteiger partial charge in [-0.2, -0.15) is 0 Å². The molecule has 0 saturated carbocycles. The number of hydrogen-bond donors (Lipinski definition) is 0. The molecule has 1 nitrogen and oxygen atoms in total. The summed E-state index contributed by atoms with van der Waals surface area (Å²) in [5, 5.41) is 1.90. The first kappa shape index (κ1) is 13.0. The van der Waals surface area contributed by atoms with Crippen molar-refractivity contribution in [1.82, 2.24) is 0 Å². The van der Waals surface area contributed by atoms with Gasteiger partial charge < -0.3 is 4.74 Å². The Bertz CT molecular complexity index is 519. The van der Waals surface area contributed by atoms with E-state index in [0.717, 1.165) is 15.4 Å². The van der Waals surface area contributed by atoms with Gasteiger partial charge in [0.05, 0.1) is 9.35 Å². The summed E-state index contributed by atoms with van der Waals surface area (Å²) in [6, 6.07) is 3.85. The van der Waals surface area contributed by atoms with Crippen LogP contribution >= 0.6 is 43.2 Å². The largest absolute Gasteiger partial charge is 0.484 e. The molecule has 2 aromatic rings. The molecule has 1 aromatic carbocycles. The van der Waals surface area contributed by atoms with Crippen LogP contribution < -0.4 is 4.74 Å². The van der Waals surface area contributed by atoms with Crippen LogP contribution in [0.15, 0.2) is 32.5 Å². The smallest absolute Gasteiger partial charge is 0.169 e. The molecule has 0 bridgehead atoms. The Balaban J connectivity index is 2.17. The van der Waals surface area contributed by atoms with Crippen LogP contribution in [-0.2, 0) is 6.61 Å². The van der Waals surface area contributed by atoms with Gasteiger partial charge in [0.2, 0.25) is 0 Å². The molecular formula is C11H6Br2F2OS. The van der Waals surface area contributed by atoms with Crippen molar-refractivity contribution >= 4 is 43.2 Å². The summed E-state index contributed by atoms with van der Waals surface area (Å²) in [5.41, 5.74) is 0. The minimum Gasteiger partial charge on any atom is -0.484 e. The Hall–Kier alpha value is -0.460. The molecule has 0 amide bonds. The van der Waals surface area contributed by atoms with Crippen molar-refractivity contribution < 1.29 is 13.5 Å². The van der Waals surface area contributed by atoms with Gasteiger partial charge in [-0.3, -0.25) is 0 Å². The number of hydrogen-bond acceptors (Lipinski definition) is 2. The van der Waals surface area contributed by atoms with Crippen molar-refractivity contribution in [3.05, 3.63) is 49.0 Å². The molecule has 0 N–H and O–H groups in total. The van der Waals surface area contributed by atoms with Gasteiger partial charge in [0.25, 0.3) is 0 Å². The van der Waals surface area contributed by atoms with Crippen LogP contribution in [0, 0.1) is 11.6 Å². The van der Waals surface area contributed by atoms with Crippen LogP contribution in [-0.4, -0.2) is 0 Å². The van der Waals surface area contributed by atoms with E-state index in [0.29, 0.717) is 0 Å². The summed E-state index contributed by atoms with van der Waals surface area (Å²) in [6.07, 6.45) is 0. The van der Waals surface area contributed by atoms with E-state index in [-0.39, 0.29) is 16.8 Å². The van der Waals surface area contributed by atoms with E-state index in [2.05, 4.69) is 31.9 Å². The lowest BCUT2D eigenvalue weighted by Crippen LogP contribution is -1.97. The molecule has 0 unspecified atom stereocenters. The number of thiophene rings is 1. The first-order valence-corrected chi connectivity index (χ1v) is 7.03. The quantitative estimate of drug-likeness (QED) is 0.713. The maximum Gasteiger partial charge on any atom is 0.169 e. The second-order valence-electron chi connectivity index (χ2n) is 3.18. The monoisotopic (exact) mass is 382 g/mol. The second kappa shape index (κ2) is 5.46. The van der Waals surface area contributed by atoms with Crippen molar-refractivity contribution in [3.63, 3.8) is 0 Å². The second-order valence-corrected chi connectivity index (χ2v) is 5.89. The molecule has 0 fully saturated rings. The molecular weight excluding hydrogens is 378 g/mol. The van der Waals surface area contributed by atoms with Crippen LogP contribution in [0.4, 0.5) is 8.78 Å². The van der Waals surface area contributed by atoms with Crippen molar-refractivity contribution in [2.75, 3.05) is 0 Å². The van der Waals surface area contributed by atoms with Crippen molar-refractivity contribution in [2.24, 2.45) is 0 Å². The molecule has 1 heterocycles. The Morgan fingerprint density at radius 2 is 1.94 bits per heavy atom. The predicted octanol–water partition coefficient (Wildman–Crippen LogP) is 5.13. The number of rotatable bonds is 3. The van der Waals surface area contributed by atoms with Gasteiger partial charge in [-0.25, -0.2) is 8.78 Å². The van der Waals surface area contributed by atoms with Crippen LogP contribution in [0.25, 0.3) is 0 Å². The summed E-state index contributed by atoms with van der Waals surface area (Å²) in [4.78, 5) is 0.945. The van der Waals surface area contributed by atoms with E-state index >= 15 is 0 Å². The Morgan fingerprint density at radius 3 is 2.53 bits per heavy atom. The summed E-state index contributed by atoms with van der Waals surface area (Å²) in [6.45, 7) is 0.236. The highest BCUT2D eigenvalue weighted by atomic mass is 79.9. The van der Waals surface area contributed by atoms with Gasteiger partial charge in [-0.1, -0.05) is 0 Å². The maximum atomic E-state index is 13.4. The first-order chi connectivity index (χ1) is 8.08. The predicted molar refractivity (Wildman–Crippen MR) is 70.4 cm³/mol. The number of ether oxygens (including phenoxy) is 1. The van der Waals surface area contributed by atoms with Crippen LogP contribution in [0.5, 0.6) is 5.75 Å². The highest BCUT2D eigenvalue weighted by Crippen LogP contribution is 2.31. The Labute approximate surface area is 118 Å². The third-order valence-corrected chi connectivity index (χ3v) is 4.49. The fraction of sp³-hybridized carbons (Fsp3) is 0.0909. The van der Waals surface area contributed by atoms with E-state index in [1.807, 2.05) is 11.4 Å². The van der Waals surface area contributed by atoms with Crippen molar-refractivity contribution in [2.45, 2.75) is 6.61 Å². The molecule has 0 aliphatic rings. The lowest BCUT2D eigenvalue weighted by atomic mass is 10.3. The molecule has 0 aliphatic heterocycles. The Morgan fingerprint density at radius 1 is 1.18 bits per heavy atom. The minimum atomic E-state index is -0.718. The van der Waals surface area contributed by atoms with Crippen LogP contribution in [0.3, 0.4) is 0 Å². The van der Waals surface area contributed by atoms with Crippen LogP contribution in [0.1, 0.15) is 4.88 Å². The molecule has 6 heteroatoms. The van der Waals surface area contributed by atoms with E-state index < -0.39 is 11.6 Å². The fourth-order valence-electron chi connectivity index (χ4n) is 1.23. The summed E-state index contributed by atoms with van der Waals surface area (Å²) in [5.74, 6) is -1.34. The van der Waals surface area contributed by atoms with Gasteiger partial charge in [-0.05, 0) is 49.4 Å². The average Bonchev–Trinajstić information content (AvgIpc) is 2.62. The van der Waals surface area contributed by atoms with E-state index in [4.69, 9.17) is 4.74 Å². The lowest BCUT2D eigenvalue weighted by Gasteiger charge is -2.08. The number of halogens is 4. The van der Waals surface area contributed by atoms with Gasteiger partial charge >= 0.3 is 0 Å². The van der Waals surface area contributed by atoms with Gasteiger partial charge in [0.1, 0.15) is 12.4 Å². The maximum absolute atomic E-state index is 13.4. The number of benzene rings is 1. The average molecular weight is 384 g/mol. The van der Waals surface area contributed by atoms with Crippen molar-refractivity contribution in [3.8, 4) is 5.75 Å². The van der Waals surface area contributed by atoms with E-state index in [1.54, 1.807) is 0 Å². The minimum absolute atomic E-state index is 0.0201. The van der Waals surface area contributed by atoms with Crippen LogP contribution in [0.2, 0.25) is 0 Å². The van der Waals surface area contributed by atoms with Crippen molar-refractivity contribution in [1.29, 1.82) is 0 Å². The topological polar surface area (TPSA) is 9.23 Å². The third kappa shape index (κ3) is 3.05. The summed E-state index contributed by atoms with van der Waals surface area (Å²) in [7, 11) is 0. The first-order valence-electron chi connectivity index (χ1n) is 4.57. The summed E-state index contributed by atoms with van der Waals surface area (Å²) >= 11 is 7.92. The van der Waals surface area contributed by atoms with E-state index in [1.165, 1.54) is 17.4 Å². The molecule has 0 spiro atoms. The fourth-order valence-corrected chi connectivity index (χ4v) is 3.13. The molecule has 0 radical (unpaired) electrons. The van der Waals surface area contributed by atoms with Gasteiger partial charge in [-0.15, -0.1) is 11.3 Å². The van der Waals surface area contributed by atoms with Gasteiger partial charge in [0, 0.05) is 10.5 Å². The zero-order valence-electron chi connectivity index (χ0n) is 8.34. The third-order valence-electron chi connectivity index (χ3n) is 2.00. The standard InChI is InChI=1S/C11H6Br2F2OS/c12-7-1-2-17-10(7)5-16-11-8(13)3-6(14)4-9(11)15/h1-4H,5H2. The SMILES string of the molecule is Fc1cc(F)c(OCc2sccc2Br)c(Br)c1. The Kier molecular flexibility index (Phi) is 4.17.